The second kappa shape index (κ2) is 4.91. The van der Waals surface area contributed by atoms with Gasteiger partial charge in [-0.15, -0.1) is 0 Å². The Morgan fingerprint density at radius 1 is 1.25 bits per heavy atom. The average Bonchev–Trinajstić information content (AvgIpc) is 2.33. The van der Waals surface area contributed by atoms with E-state index in [9.17, 15) is 5.11 Å². The fraction of sp³-hybridized carbons (Fsp3) is 0.692. The molecule has 1 aliphatic carbocycles. The number of rotatable bonds is 2. The summed E-state index contributed by atoms with van der Waals surface area (Å²) in [6.07, 6.45) is 6.41. The number of nitrogens with zero attached hydrogens (tertiary/aromatic N) is 2. The molecule has 0 saturated heterocycles. The van der Waals surface area contributed by atoms with Crippen molar-refractivity contribution in [2.75, 3.05) is 0 Å². The molecule has 1 aliphatic rings. The second-order valence-corrected chi connectivity index (χ2v) is 5.15. The first-order chi connectivity index (χ1) is 7.68. The van der Waals surface area contributed by atoms with Crippen molar-refractivity contribution in [1.29, 1.82) is 0 Å². The number of aliphatic hydroxyl groups excluding tert-OH is 1. The maximum atomic E-state index is 10.3. The third kappa shape index (κ3) is 2.40. The summed E-state index contributed by atoms with van der Waals surface area (Å²) in [5.74, 6) is 1.89. The van der Waals surface area contributed by atoms with Gasteiger partial charge >= 0.3 is 0 Å². The van der Waals surface area contributed by atoms with E-state index in [1.807, 2.05) is 6.07 Å². The van der Waals surface area contributed by atoms with E-state index >= 15 is 0 Å². The lowest BCUT2D eigenvalue weighted by Crippen LogP contribution is -2.25. The van der Waals surface area contributed by atoms with Crippen LogP contribution < -0.4 is 0 Å². The van der Waals surface area contributed by atoms with Crippen LogP contribution in [0.4, 0.5) is 0 Å². The van der Waals surface area contributed by atoms with E-state index in [2.05, 4.69) is 24.0 Å². The molecule has 0 aromatic carbocycles. The minimum atomic E-state index is -0.370. The lowest BCUT2D eigenvalue weighted by molar-refractivity contribution is 0.0557. The Labute approximate surface area is 96.9 Å². The van der Waals surface area contributed by atoms with Gasteiger partial charge in [-0.05, 0) is 36.7 Å². The molecule has 1 N–H and O–H groups in total. The Hall–Kier alpha value is -0.960. The van der Waals surface area contributed by atoms with E-state index in [1.54, 1.807) is 12.4 Å². The van der Waals surface area contributed by atoms with Crippen molar-refractivity contribution in [3.63, 3.8) is 0 Å². The van der Waals surface area contributed by atoms with Crippen LogP contribution in [-0.2, 0) is 0 Å². The molecule has 4 unspecified atom stereocenters. The van der Waals surface area contributed by atoms with Gasteiger partial charge in [-0.1, -0.05) is 20.3 Å². The summed E-state index contributed by atoms with van der Waals surface area (Å²) in [6, 6.07) is 1.86. The first kappa shape index (κ1) is 11.5. The van der Waals surface area contributed by atoms with Gasteiger partial charge in [0.05, 0.1) is 12.3 Å². The highest BCUT2D eigenvalue weighted by Crippen LogP contribution is 2.39. The Bertz CT molecular complexity index is 328. The molecule has 3 nitrogen and oxygen atoms in total. The highest BCUT2D eigenvalue weighted by Gasteiger charge is 2.29. The Morgan fingerprint density at radius 3 is 2.69 bits per heavy atom. The maximum absolute atomic E-state index is 10.3. The predicted molar refractivity (Wildman–Crippen MR) is 62.7 cm³/mol. The van der Waals surface area contributed by atoms with Crippen LogP contribution in [0.5, 0.6) is 0 Å². The minimum Gasteiger partial charge on any atom is -0.388 e. The van der Waals surface area contributed by atoms with Gasteiger partial charge in [0.1, 0.15) is 0 Å². The van der Waals surface area contributed by atoms with Crippen LogP contribution in [-0.4, -0.2) is 15.3 Å². The third-order valence-electron chi connectivity index (χ3n) is 4.03. The van der Waals surface area contributed by atoms with Crippen molar-refractivity contribution in [2.45, 2.75) is 39.2 Å². The van der Waals surface area contributed by atoms with Gasteiger partial charge in [-0.2, -0.15) is 10.2 Å². The van der Waals surface area contributed by atoms with Gasteiger partial charge in [-0.3, -0.25) is 0 Å². The Kier molecular flexibility index (Phi) is 3.54. The summed E-state index contributed by atoms with van der Waals surface area (Å²) in [5.41, 5.74) is 0.904. The van der Waals surface area contributed by atoms with Crippen LogP contribution in [0.2, 0.25) is 0 Å². The highest BCUT2D eigenvalue weighted by molar-refractivity contribution is 5.10. The molecule has 1 fully saturated rings. The van der Waals surface area contributed by atoms with E-state index in [1.165, 1.54) is 6.42 Å². The number of aliphatic hydroxyl groups is 1. The molecule has 0 spiro atoms. The minimum absolute atomic E-state index is 0.370. The van der Waals surface area contributed by atoms with Gasteiger partial charge in [0.25, 0.3) is 0 Å². The summed E-state index contributed by atoms with van der Waals surface area (Å²) < 4.78 is 0. The van der Waals surface area contributed by atoms with Gasteiger partial charge < -0.3 is 5.11 Å². The van der Waals surface area contributed by atoms with Crippen molar-refractivity contribution < 1.29 is 5.11 Å². The van der Waals surface area contributed by atoms with Crippen LogP contribution in [0.3, 0.4) is 0 Å². The van der Waals surface area contributed by atoms with E-state index < -0.39 is 0 Å². The monoisotopic (exact) mass is 220 g/mol. The Morgan fingerprint density at radius 2 is 2.06 bits per heavy atom. The molecule has 3 heteroatoms. The summed E-state index contributed by atoms with van der Waals surface area (Å²) in [7, 11) is 0. The fourth-order valence-corrected chi connectivity index (χ4v) is 2.62. The lowest BCUT2D eigenvalue weighted by Gasteiger charge is -2.34. The van der Waals surface area contributed by atoms with Crippen LogP contribution in [0.1, 0.15) is 44.8 Å². The van der Waals surface area contributed by atoms with Gasteiger partial charge in [0, 0.05) is 11.8 Å². The van der Waals surface area contributed by atoms with Gasteiger partial charge in [-0.25, -0.2) is 0 Å². The zero-order chi connectivity index (χ0) is 11.5. The van der Waals surface area contributed by atoms with E-state index in [0.717, 1.165) is 24.3 Å². The summed E-state index contributed by atoms with van der Waals surface area (Å²) in [5, 5.41) is 17.8. The van der Waals surface area contributed by atoms with Crippen molar-refractivity contribution in [3.05, 3.63) is 24.0 Å². The van der Waals surface area contributed by atoms with Crippen molar-refractivity contribution in [3.8, 4) is 0 Å². The first-order valence-corrected chi connectivity index (χ1v) is 6.13. The molecule has 1 saturated carbocycles. The molecule has 16 heavy (non-hydrogen) atoms. The van der Waals surface area contributed by atoms with Crippen molar-refractivity contribution >= 4 is 0 Å². The third-order valence-corrected chi connectivity index (χ3v) is 4.03. The zero-order valence-corrected chi connectivity index (χ0v) is 10.0. The van der Waals surface area contributed by atoms with Crippen LogP contribution in [0.15, 0.2) is 18.5 Å². The smallest absolute Gasteiger partial charge is 0.0834 e. The van der Waals surface area contributed by atoms with Crippen molar-refractivity contribution in [1.82, 2.24) is 10.2 Å². The van der Waals surface area contributed by atoms with E-state index in [0.29, 0.717) is 11.8 Å². The molecule has 1 aromatic rings. The van der Waals surface area contributed by atoms with E-state index in [4.69, 9.17) is 0 Å². The van der Waals surface area contributed by atoms with Crippen LogP contribution >= 0.6 is 0 Å². The zero-order valence-electron chi connectivity index (χ0n) is 10.0. The van der Waals surface area contributed by atoms with E-state index in [-0.39, 0.29) is 6.10 Å². The van der Waals surface area contributed by atoms with Gasteiger partial charge in [0.2, 0.25) is 0 Å². The standard InChI is InChI=1S/C13H20N2O/c1-9-3-4-11(7-10(9)2)13(16)12-5-6-14-15-8-12/h5-6,8-11,13,16H,3-4,7H2,1-2H3. The highest BCUT2D eigenvalue weighted by atomic mass is 16.3. The maximum Gasteiger partial charge on any atom is 0.0834 e. The molecular weight excluding hydrogens is 200 g/mol. The summed E-state index contributed by atoms with van der Waals surface area (Å²) in [6.45, 7) is 4.59. The van der Waals surface area contributed by atoms with Gasteiger partial charge in [0.15, 0.2) is 0 Å². The molecule has 1 aromatic heterocycles. The first-order valence-electron chi connectivity index (χ1n) is 6.13. The quantitative estimate of drug-likeness (QED) is 0.833. The topological polar surface area (TPSA) is 46.0 Å². The fourth-order valence-electron chi connectivity index (χ4n) is 2.62. The number of aromatic nitrogens is 2. The summed E-state index contributed by atoms with van der Waals surface area (Å²) >= 11 is 0. The molecule has 0 radical (unpaired) electrons. The molecule has 0 aliphatic heterocycles. The number of hydrogen-bond donors (Lipinski definition) is 1. The molecule has 0 bridgehead atoms. The SMILES string of the molecule is CC1CCC(C(O)c2ccnnc2)CC1C. The predicted octanol–water partition coefficient (Wildman–Crippen LogP) is 2.58. The summed E-state index contributed by atoms with van der Waals surface area (Å²) in [4.78, 5) is 0. The second-order valence-electron chi connectivity index (χ2n) is 5.15. The number of hydrogen-bond acceptors (Lipinski definition) is 3. The molecule has 4 atom stereocenters. The molecule has 2 rings (SSSR count). The molecule has 0 amide bonds. The lowest BCUT2D eigenvalue weighted by atomic mass is 9.73. The molecule has 1 heterocycles. The average molecular weight is 220 g/mol. The molecular formula is C13H20N2O. The molecule has 88 valence electrons. The normalized spacial score (nSPS) is 32.3. The van der Waals surface area contributed by atoms with Crippen molar-refractivity contribution in [2.24, 2.45) is 17.8 Å². The Balaban J connectivity index is 2.03. The van der Waals surface area contributed by atoms with Crippen LogP contribution in [0, 0.1) is 17.8 Å². The van der Waals surface area contributed by atoms with Crippen LogP contribution in [0.25, 0.3) is 0 Å². The largest absolute Gasteiger partial charge is 0.388 e.